The van der Waals surface area contributed by atoms with E-state index in [2.05, 4.69) is 4.98 Å². The molecule has 2 heterocycles. The third kappa shape index (κ3) is 2.02. The minimum absolute atomic E-state index is 0.350. The molecule has 0 unspecified atom stereocenters. The van der Waals surface area contributed by atoms with Gasteiger partial charge in [0, 0.05) is 10.3 Å². The van der Waals surface area contributed by atoms with Gasteiger partial charge in [0.25, 0.3) is 0 Å². The SMILES string of the molecule is COC(=O)c1nc(-c2cc3ccccc3o2)sc1C. The highest BCUT2D eigenvalue weighted by atomic mass is 32.1. The van der Waals surface area contributed by atoms with E-state index in [4.69, 9.17) is 9.15 Å². The summed E-state index contributed by atoms with van der Waals surface area (Å²) in [5, 5.41) is 1.71. The quantitative estimate of drug-likeness (QED) is 0.669. The van der Waals surface area contributed by atoms with Crippen molar-refractivity contribution in [1.82, 2.24) is 4.98 Å². The number of hydrogen-bond donors (Lipinski definition) is 0. The molecule has 0 aliphatic carbocycles. The molecule has 5 heteroatoms. The molecule has 96 valence electrons. The summed E-state index contributed by atoms with van der Waals surface area (Å²) in [4.78, 5) is 16.7. The molecule has 0 spiro atoms. The van der Waals surface area contributed by atoms with Crippen molar-refractivity contribution in [2.75, 3.05) is 7.11 Å². The van der Waals surface area contributed by atoms with Crippen LogP contribution >= 0.6 is 11.3 Å². The number of carbonyl (C=O) groups is 1. The van der Waals surface area contributed by atoms with Crippen LogP contribution < -0.4 is 0 Å². The molecule has 19 heavy (non-hydrogen) atoms. The molecule has 0 fully saturated rings. The summed E-state index contributed by atoms with van der Waals surface area (Å²) in [6.07, 6.45) is 0. The number of thiazole rings is 1. The Morgan fingerprint density at radius 2 is 2.16 bits per heavy atom. The van der Waals surface area contributed by atoms with E-state index in [1.165, 1.54) is 18.4 Å². The number of ether oxygens (including phenoxy) is 1. The molecule has 1 aromatic carbocycles. The van der Waals surface area contributed by atoms with Gasteiger partial charge in [-0.1, -0.05) is 18.2 Å². The predicted molar refractivity (Wildman–Crippen MR) is 73.4 cm³/mol. The highest BCUT2D eigenvalue weighted by Crippen LogP contribution is 2.32. The lowest BCUT2D eigenvalue weighted by atomic mass is 10.2. The summed E-state index contributed by atoms with van der Waals surface area (Å²) in [6, 6.07) is 9.68. The Balaban J connectivity index is 2.09. The molecule has 0 N–H and O–H groups in total. The summed E-state index contributed by atoms with van der Waals surface area (Å²) in [7, 11) is 1.35. The van der Waals surface area contributed by atoms with Crippen molar-refractivity contribution in [3.63, 3.8) is 0 Å². The van der Waals surface area contributed by atoms with Gasteiger partial charge < -0.3 is 9.15 Å². The molecule has 3 aromatic rings. The van der Waals surface area contributed by atoms with Crippen molar-refractivity contribution >= 4 is 28.3 Å². The highest BCUT2D eigenvalue weighted by Gasteiger charge is 2.18. The summed E-state index contributed by atoms with van der Waals surface area (Å²) in [5.41, 5.74) is 1.16. The van der Waals surface area contributed by atoms with Gasteiger partial charge in [0.15, 0.2) is 16.5 Å². The van der Waals surface area contributed by atoms with E-state index in [0.717, 1.165) is 15.8 Å². The van der Waals surface area contributed by atoms with E-state index in [9.17, 15) is 4.79 Å². The Morgan fingerprint density at radius 1 is 1.37 bits per heavy atom. The number of methoxy groups -OCH3 is 1. The van der Waals surface area contributed by atoms with Crippen LogP contribution in [0.5, 0.6) is 0 Å². The molecule has 0 amide bonds. The van der Waals surface area contributed by atoms with Gasteiger partial charge in [0.2, 0.25) is 0 Å². The number of fused-ring (bicyclic) bond motifs is 1. The number of esters is 1. The van der Waals surface area contributed by atoms with Gasteiger partial charge >= 0.3 is 5.97 Å². The van der Waals surface area contributed by atoms with Gasteiger partial charge in [0.1, 0.15) is 5.58 Å². The van der Waals surface area contributed by atoms with Crippen LogP contribution in [0.3, 0.4) is 0 Å². The zero-order valence-electron chi connectivity index (χ0n) is 10.5. The van der Waals surface area contributed by atoms with Crippen LogP contribution in [0.25, 0.3) is 21.7 Å². The standard InChI is InChI=1S/C14H11NO3S/c1-8-12(14(16)17-2)15-13(19-8)11-7-9-5-3-4-6-10(9)18-11/h3-7H,1-2H3. The van der Waals surface area contributed by atoms with Gasteiger partial charge in [-0.25, -0.2) is 9.78 Å². The average molecular weight is 273 g/mol. The second-order valence-corrected chi connectivity index (χ2v) is 5.27. The molecule has 3 rings (SSSR count). The maximum Gasteiger partial charge on any atom is 0.357 e. The number of aromatic nitrogens is 1. The molecule has 4 nitrogen and oxygen atoms in total. The zero-order chi connectivity index (χ0) is 13.4. The second-order valence-electron chi connectivity index (χ2n) is 4.06. The summed E-state index contributed by atoms with van der Waals surface area (Å²) >= 11 is 1.42. The lowest BCUT2D eigenvalue weighted by molar-refractivity contribution is 0.0594. The molecular formula is C14H11NO3S. The Kier molecular flexibility index (Phi) is 2.83. The van der Waals surface area contributed by atoms with Crippen molar-refractivity contribution < 1.29 is 13.9 Å². The number of benzene rings is 1. The molecule has 0 aliphatic heterocycles. The first-order valence-electron chi connectivity index (χ1n) is 5.73. The number of para-hydroxylation sites is 1. The Bertz CT molecular complexity index is 724. The summed E-state index contributed by atoms with van der Waals surface area (Å²) in [5.74, 6) is 0.251. The van der Waals surface area contributed by atoms with Crippen LogP contribution in [-0.2, 0) is 4.74 Å². The average Bonchev–Trinajstić information content (AvgIpc) is 3.00. The van der Waals surface area contributed by atoms with E-state index < -0.39 is 5.97 Å². The molecule has 0 saturated heterocycles. The van der Waals surface area contributed by atoms with E-state index in [-0.39, 0.29) is 0 Å². The lowest BCUT2D eigenvalue weighted by Gasteiger charge is -1.93. The number of aryl methyl sites for hydroxylation is 1. The van der Waals surface area contributed by atoms with Gasteiger partial charge in [-0.2, -0.15) is 0 Å². The number of nitrogens with zero attached hydrogens (tertiary/aromatic N) is 1. The third-order valence-electron chi connectivity index (χ3n) is 2.81. The molecule has 0 atom stereocenters. The van der Waals surface area contributed by atoms with E-state index in [0.29, 0.717) is 16.5 Å². The van der Waals surface area contributed by atoms with Crippen LogP contribution in [-0.4, -0.2) is 18.1 Å². The first kappa shape index (κ1) is 11.9. The predicted octanol–water partition coefficient (Wildman–Crippen LogP) is 3.65. The Labute approximate surface area is 113 Å². The van der Waals surface area contributed by atoms with Crippen molar-refractivity contribution in [1.29, 1.82) is 0 Å². The Hall–Kier alpha value is -2.14. The fourth-order valence-corrected chi connectivity index (χ4v) is 2.73. The summed E-state index contributed by atoms with van der Waals surface area (Å²) in [6.45, 7) is 1.84. The molecule has 0 saturated carbocycles. The lowest BCUT2D eigenvalue weighted by Crippen LogP contribution is -2.02. The Morgan fingerprint density at radius 3 is 2.89 bits per heavy atom. The van der Waals surface area contributed by atoms with Gasteiger partial charge in [-0.3, -0.25) is 0 Å². The van der Waals surface area contributed by atoms with Crippen molar-refractivity contribution in [2.24, 2.45) is 0 Å². The van der Waals surface area contributed by atoms with E-state index in [1.54, 1.807) is 0 Å². The number of carbonyl (C=O) groups excluding carboxylic acids is 1. The normalized spacial score (nSPS) is 10.8. The van der Waals surface area contributed by atoms with E-state index in [1.807, 2.05) is 37.3 Å². The maximum atomic E-state index is 11.5. The minimum Gasteiger partial charge on any atom is -0.464 e. The highest BCUT2D eigenvalue weighted by molar-refractivity contribution is 7.15. The monoisotopic (exact) mass is 273 g/mol. The number of furan rings is 1. The van der Waals surface area contributed by atoms with E-state index >= 15 is 0 Å². The smallest absolute Gasteiger partial charge is 0.357 e. The van der Waals surface area contributed by atoms with Crippen molar-refractivity contribution in [3.8, 4) is 10.8 Å². The molecule has 0 aliphatic rings. The molecular weight excluding hydrogens is 262 g/mol. The van der Waals surface area contributed by atoms with Gasteiger partial charge in [0.05, 0.1) is 7.11 Å². The molecule has 0 radical (unpaired) electrons. The first-order chi connectivity index (χ1) is 9.19. The number of rotatable bonds is 2. The van der Waals surface area contributed by atoms with Crippen LogP contribution in [0.1, 0.15) is 15.4 Å². The van der Waals surface area contributed by atoms with Crippen molar-refractivity contribution in [3.05, 3.63) is 40.9 Å². The number of hydrogen-bond acceptors (Lipinski definition) is 5. The molecule has 2 aromatic heterocycles. The second kappa shape index (κ2) is 4.51. The van der Waals surface area contributed by atoms with Gasteiger partial charge in [-0.05, 0) is 19.1 Å². The van der Waals surface area contributed by atoms with Crippen LogP contribution in [0.2, 0.25) is 0 Å². The fourth-order valence-electron chi connectivity index (χ4n) is 1.88. The third-order valence-corrected chi connectivity index (χ3v) is 3.80. The van der Waals surface area contributed by atoms with Crippen LogP contribution in [0, 0.1) is 6.92 Å². The van der Waals surface area contributed by atoms with Crippen LogP contribution in [0.4, 0.5) is 0 Å². The topological polar surface area (TPSA) is 52.3 Å². The minimum atomic E-state index is -0.420. The van der Waals surface area contributed by atoms with Crippen LogP contribution in [0.15, 0.2) is 34.7 Å². The zero-order valence-corrected chi connectivity index (χ0v) is 11.3. The first-order valence-corrected chi connectivity index (χ1v) is 6.55. The molecule has 0 bridgehead atoms. The fraction of sp³-hybridized carbons (Fsp3) is 0.143. The van der Waals surface area contributed by atoms with Gasteiger partial charge in [-0.15, -0.1) is 11.3 Å². The maximum absolute atomic E-state index is 11.5. The largest absolute Gasteiger partial charge is 0.464 e. The summed E-state index contributed by atoms with van der Waals surface area (Å²) < 4.78 is 10.4. The van der Waals surface area contributed by atoms with Crippen molar-refractivity contribution in [2.45, 2.75) is 6.92 Å².